The van der Waals surface area contributed by atoms with Crippen LogP contribution in [-0.4, -0.2) is 19.5 Å². The van der Waals surface area contributed by atoms with Crippen molar-refractivity contribution >= 4 is 11.6 Å². The van der Waals surface area contributed by atoms with Crippen LogP contribution in [0.5, 0.6) is 0 Å². The third-order valence-electron chi connectivity index (χ3n) is 3.73. The summed E-state index contributed by atoms with van der Waals surface area (Å²) in [7, 11) is 1.61. The van der Waals surface area contributed by atoms with Crippen molar-refractivity contribution in [3.63, 3.8) is 0 Å². The Morgan fingerprint density at radius 1 is 1.50 bits per heavy atom. The van der Waals surface area contributed by atoms with Gasteiger partial charge in [0.1, 0.15) is 5.82 Å². The van der Waals surface area contributed by atoms with Crippen molar-refractivity contribution < 1.29 is 9.18 Å². The molecule has 1 aliphatic rings. The van der Waals surface area contributed by atoms with Crippen molar-refractivity contribution in [3.8, 4) is 0 Å². The van der Waals surface area contributed by atoms with Crippen LogP contribution in [0.4, 0.5) is 10.1 Å². The van der Waals surface area contributed by atoms with Gasteiger partial charge in [-0.3, -0.25) is 4.79 Å². The second-order valence-corrected chi connectivity index (χ2v) is 5.51. The van der Waals surface area contributed by atoms with Crippen LogP contribution < -0.4 is 10.6 Å². The van der Waals surface area contributed by atoms with Crippen LogP contribution >= 0.6 is 0 Å². The molecule has 2 rings (SSSR count). The molecule has 1 unspecified atom stereocenters. The summed E-state index contributed by atoms with van der Waals surface area (Å²) in [6.07, 6.45) is 1.13. The molecule has 1 aliphatic carbocycles. The number of para-hydroxylation sites is 1. The molecule has 0 radical (unpaired) electrons. The van der Waals surface area contributed by atoms with E-state index < -0.39 is 5.82 Å². The Balaban J connectivity index is 2.03. The second-order valence-electron chi connectivity index (χ2n) is 5.51. The van der Waals surface area contributed by atoms with Gasteiger partial charge in [-0.15, -0.1) is 0 Å². The Hall–Kier alpha value is -1.58. The predicted molar refractivity (Wildman–Crippen MR) is 70.2 cm³/mol. The number of nitrogens with one attached hydrogen (secondary N) is 2. The smallest absolute Gasteiger partial charge is 0.253 e. The molecule has 1 amide bonds. The summed E-state index contributed by atoms with van der Waals surface area (Å²) in [5.41, 5.74) is 0.946. The van der Waals surface area contributed by atoms with E-state index in [1.807, 2.05) is 0 Å². The summed E-state index contributed by atoms with van der Waals surface area (Å²) in [5.74, 6) is -0.0912. The van der Waals surface area contributed by atoms with Gasteiger partial charge in [0, 0.05) is 13.6 Å². The van der Waals surface area contributed by atoms with E-state index in [0.29, 0.717) is 23.4 Å². The van der Waals surface area contributed by atoms with Crippen LogP contribution in [0.2, 0.25) is 0 Å². The molecule has 1 aromatic rings. The van der Waals surface area contributed by atoms with Crippen LogP contribution in [0.15, 0.2) is 18.2 Å². The largest absolute Gasteiger partial charge is 0.385 e. The lowest BCUT2D eigenvalue weighted by Gasteiger charge is -2.11. The fourth-order valence-corrected chi connectivity index (χ4v) is 2.20. The maximum absolute atomic E-state index is 13.5. The van der Waals surface area contributed by atoms with Gasteiger partial charge in [0.25, 0.3) is 5.91 Å². The highest BCUT2D eigenvalue weighted by Gasteiger charge is 2.45. The SMILES string of the molecule is CNc1c(F)cccc1C(=O)NCC1CC1(C)C. The zero-order valence-electron chi connectivity index (χ0n) is 11.0. The first-order valence-electron chi connectivity index (χ1n) is 6.20. The van der Waals surface area contributed by atoms with E-state index in [4.69, 9.17) is 0 Å². The summed E-state index contributed by atoms with van der Waals surface area (Å²) in [6.45, 7) is 5.03. The molecule has 0 saturated heterocycles. The first kappa shape index (κ1) is 12.9. The number of hydrogen-bond acceptors (Lipinski definition) is 2. The number of anilines is 1. The van der Waals surface area contributed by atoms with Crippen molar-refractivity contribution in [3.05, 3.63) is 29.6 Å². The molecule has 0 heterocycles. The van der Waals surface area contributed by atoms with Crippen molar-refractivity contribution in [1.82, 2.24) is 5.32 Å². The van der Waals surface area contributed by atoms with Gasteiger partial charge in [-0.25, -0.2) is 4.39 Å². The Morgan fingerprint density at radius 3 is 2.72 bits per heavy atom. The highest BCUT2D eigenvalue weighted by atomic mass is 19.1. The van der Waals surface area contributed by atoms with E-state index >= 15 is 0 Å². The summed E-state index contributed by atoms with van der Waals surface area (Å²) in [4.78, 5) is 12.0. The van der Waals surface area contributed by atoms with Gasteiger partial charge >= 0.3 is 0 Å². The Kier molecular flexibility index (Phi) is 3.28. The van der Waals surface area contributed by atoms with Crippen LogP contribution in [0.1, 0.15) is 30.6 Å². The van der Waals surface area contributed by atoms with E-state index in [1.165, 1.54) is 6.07 Å². The van der Waals surface area contributed by atoms with Gasteiger partial charge in [-0.2, -0.15) is 0 Å². The number of benzene rings is 1. The minimum Gasteiger partial charge on any atom is -0.385 e. The third-order valence-corrected chi connectivity index (χ3v) is 3.73. The van der Waals surface area contributed by atoms with E-state index in [2.05, 4.69) is 24.5 Å². The monoisotopic (exact) mass is 250 g/mol. The fraction of sp³-hybridized carbons (Fsp3) is 0.500. The molecule has 4 heteroatoms. The van der Waals surface area contributed by atoms with E-state index in [9.17, 15) is 9.18 Å². The molecule has 1 fully saturated rings. The van der Waals surface area contributed by atoms with E-state index in [1.54, 1.807) is 19.2 Å². The number of carbonyl (C=O) groups is 1. The Bertz CT molecular complexity index is 471. The Morgan fingerprint density at radius 2 is 2.17 bits per heavy atom. The topological polar surface area (TPSA) is 41.1 Å². The maximum Gasteiger partial charge on any atom is 0.253 e. The van der Waals surface area contributed by atoms with Crippen molar-refractivity contribution in [2.75, 3.05) is 18.9 Å². The van der Waals surface area contributed by atoms with Crippen LogP contribution in [0.3, 0.4) is 0 Å². The van der Waals surface area contributed by atoms with Gasteiger partial charge < -0.3 is 10.6 Å². The molecule has 98 valence electrons. The molecule has 3 nitrogen and oxygen atoms in total. The zero-order valence-corrected chi connectivity index (χ0v) is 11.0. The third kappa shape index (κ3) is 2.47. The lowest BCUT2D eigenvalue weighted by atomic mass is 10.1. The number of hydrogen-bond donors (Lipinski definition) is 2. The molecule has 0 aromatic heterocycles. The standard InChI is InChI=1S/C14H19FN2O/c1-14(2)7-9(14)8-17-13(18)10-5-4-6-11(15)12(10)16-3/h4-6,9,16H,7-8H2,1-3H3,(H,17,18). The lowest BCUT2D eigenvalue weighted by Crippen LogP contribution is -2.27. The molecule has 0 aliphatic heterocycles. The quantitative estimate of drug-likeness (QED) is 0.862. The predicted octanol–water partition coefficient (Wildman–Crippen LogP) is 2.64. The van der Waals surface area contributed by atoms with Crippen LogP contribution in [0.25, 0.3) is 0 Å². The molecule has 0 bridgehead atoms. The van der Waals surface area contributed by atoms with Crippen molar-refractivity contribution in [1.29, 1.82) is 0 Å². The van der Waals surface area contributed by atoms with Gasteiger partial charge in [-0.1, -0.05) is 19.9 Å². The zero-order chi connectivity index (χ0) is 13.3. The van der Waals surface area contributed by atoms with Gasteiger partial charge in [0.05, 0.1) is 11.3 Å². The maximum atomic E-state index is 13.5. The average molecular weight is 250 g/mol. The fourth-order valence-electron chi connectivity index (χ4n) is 2.20. The number of halogens is 1. The number of amides is 1. The van der Waals surface area contributed by atoms with Gasteiger partial charge in [0.2, 0.25) is 0 Å². The molecular weight excluding hydrogens is 231 g/mol. The van der Waals surface area contributed by atoms with E-state index in [0.717, 1.165) is 6.42 Å². The first-order chi connectivity index (χ1) is 8.45. The molecule has 0 spiro atoms. The minimum absolute atomic E-state index is 0.221. The molecule has 1 saturated carbocycles. The van der Waals surface area contributed by atoms with E-state index in [-0.39, 0.29) is 11.6 Å². The van der Waals surface area contributed by atoms with Crippen molar-refractivity contribution in [2.45, 2.75) is 20.3 Å². The molecule has 1 atom stereocenters. The summed E-state index contributed by atoms with van der Waals surface area (Å²) >= 11 is 0. The molecule has 2 N–H and O–H groups in total. The highest BCUT2D eigenvalue weighted by molar-refractivity contribution is 5.99. The minimum atomic E-state index is -0.406. The van der Waals surface area contributed by atoms with Crippen LogP contribution in [0, 0.1) is 17.2 Å². The Labute approximate surface area is 107 Å². The first-order valence-corrected chi connectivity index (χ1v) is 6.20. The second kappa shape index (κ2) is 4.59. The average Bonchev–Trinajstić information content (AvgIpc) is 2.93. The number of carbonyl (C=O) groups excluding carboxylic acids is 1. The van der Waals surface area contributed by atoms with Crippen LogP contribution in [-0.2, 0) is 0 Å². The molecule has 18 heavy (non-hydrogen) atoms. The highest BCUT2D eigenvalue weighted by Crippen LogP contribution is 2.51. The van der Waals surface area contributed by atoms with Gasteiger partial charge in [-0.05, 0) is 29.9 Å². The molecular formula is C14H19FN2O. The lowest BCUT2D eigenvalue weighted by molar-refractivity contribution is 0.0951. The van der Waals surface area contributed by atoms with Crippen molar-refractivity contribution in [2.24, 2.45) is 11.3 Å². The molecule has 1 aromatic carbocycles. The summed E-state index contributed by atoms with van der Waals surface area (Å²) in [5, 5.41) is 5.60. The normalized spacial score (nSPS) is 20.3. The summed E-state index contributed by atoms with van der Waals surface area (Å²) in [6, 6.07) is 4.51. The van der Waals surface area contributed by atoms with Gasteiger partial charge in [0.15, 0.2) is 0 Å². The summed E-state index contributed by atoms with van der Waals surface area (Å²) < 4.78 is 13.5. The number of rotatable bonds is 4.